The van der Waals surface area contributed by atoms with Crippen LogP contribution in [0, 0.1) is 5.92 Å². The van der Waals surface area contributed by atoms with Gasteiger partial charge >= 0.3 is 5.97 Å². The van der Waals surface area contributed by atoms with Gasteiger partial charge in [0.05, 0.1) is 19.1 Å². The average Bonchev–Trinajstić information content (AvgIpc) is 2.53. The summed E-state index contributed by atoms with van der Waals surface area (Å²) in [7, 11) is -2.55. The number of aliphatic hydroxyl groups is 1. The zero-order chi connectivity index (χ0) is 19.0. The van der Waals surface area contributed by atoms with Crippen molar-refractivity contribution in [2.45, 2.75) is 43.6 Å². The van der Waals surface area contributed by atoms with Gasteiger partial charge in [0.1, 0.15) is 10.6 Å². The Morgan fingerprint density at radius 3 is 2.48 bits per heavy atom. The lowest BCUT2D eigenvalue weighted by molar-refractivity contribution is -0.147. The van der Waals surface area contributed by atoms with Crippen LogP contribution in [0.3, 0.4) is 0 Å². The second-order valence-electron chi connectivity index (χ2n) is 7.28. The molecule has 0 saturated carbocycles. The number of benzene rings is 1. The van der Waals surface area contributed by atoms with Crippen LogP contribution in [0.25, 0.3) is 0 Å². The van der Waals surface area contributed by atoms with Crippen molar-refractivity contribution in [3.8, 4) is 5.75 Å². The molecular weight excluding hydrogens is 346 g/mol. The van der Waals surface area contributed by atoms with Gasteiger partial charge in [-0.25, -0.2) is 8.42 Å². The van der Waals surface area contributed by atoms with Crippen molar-refractivity contribution in [2.75, 3.05) is 20.2 Å². The highest BCUT2D eigenvalue weighted by Gasteiger charge is 2.39. The fourth-order valence-electron chi connectivity index (χ4n) is 2.85. The van der Waals surface area contributed by atoms with Gasteiger partial charge < -0.3 is 14.9 Å². The number of rotatable bonds is 4. The average molecular weight is 371 g/mol. The number of sulfonamides is 1. The molecule has 0 radical (unpaired) electrons. The summed E-state index contributed by atoms with van der Waals surface area (Å²) < 4.78 is 32.5. The number of hydrogen-bond donors (Lipinski definition) is 2. The van der Waals surface area contributed by atoms with Crippen molar-refractivity contribution in [3.05, 3.63) is 23.8 Å². The highest BCUT2D eigenvalue weighted by atomic mass is 32.2. The molecule has 0 aliphatic carbocycles. The van der Waals surface area contributed by atoms with Gasteiger partial charge in [-0.15, -0.1) is 0 Å². The Morgan fingerprint density at radius 1 is 1.32 bits per heavy atom. The summed E-state index contributed by atoms with van der Waals surface area (Å²) >= 11 is 0. The smallest absolute Gasteiger partial charge is 0.310 e. The van der Waals surface area contributed by atoms with Gasteiger partial charge in [0.2, 0.25) is 10.0 Å². The van der Waals surface area contributed by atoms with Gasteiger partial charge in [0, 0.05) is 13.1 Å². The third-order valence-corrected chi connectivity index (χ3v) is 6.39. The minimum Gasteiger partial charge on any atom is -0.495 e. The van der Waals surface area contributed by atoms with Crippen LogP contribution in [-0.2, 0) is 20.2 Å². The molecule has 140 valence electrons. The first-order chi connectivity index (χ1) is 11.5. The maximum Gasteiger partial charge on any atom is 0.310 e. The van der Waals surface area contributed by atoms with E-state index in [4.69, 9.17) is 4.74 Å². The largest absolute Gasteiger partial charge is 0.495 e. The van der Waals surface area contributed by atoms with Gasteiger partial charge in [-0.3, -0.25) is 4.79 Å². The van der Waals surface area contributed by atoms with E-state index in [1.54, 1.807) is 12.1 Å². The SMILES string of the molecule is COc1ccc(C(C)(C)C)cc1S(=O)(=O)N1CC[C@H](O)[C@@H](C(=O)O)C1. The predicted octanol–water partition coefficient (Wildman–Crippen LogP) is 1.45. The number of methoxy groups -OCH3 is 1. The third kappa shape index (κ3) is 3.96. The first kappa shape index (κ1) is 19.7. The van der Waals surface area contributed by atoms with Crippen molar-refractivity contribution in [1.29, 1.82) is 0 Å². The molecular formula is C17H25NO6S. The van der Waals surface area contributed by atoms with Crippen LogP contribution in [0.15, 0.2) is 23.1 Å². The molecule has 0 bridgehead atoms. The topological polar surface area (TPSA) is 104 Å². The summed E-state index contributed by atoms with van der Waals surface area (Å²) in [6.45, 7) is 5.73. The summed E-state index contributed by atoms with van der Waals surface area (Å²) in [6.07, 6.45) is -0.968. The molecule has 1 saturated heterocycles. The lowest BCUT2D eigenvalue weighted by Gasteiger charge is -2.33. The summed E-state index contributed by atoms with van der Waals surface area (Å²) in [4.78, 5) is 11.3. The molecule has 1 aromatic rings. The zero-order valence-electron chi connectivity index (χ0n) is 14.9. The summed E-state index contributed by atoms with van der Waals surface area (Å²) in [5.41, 5.74) is 0.580. The van der Waals surface area contributed by atoms with E-state index in [1.165, 1.54) is 7.11 Å². The molecule has 1 aromatic carbocycles. The Morgan fingerprint density at radius 2 is 1.96 bits per heavy atom. The maximum atomic E-state index is 13.1. The van der Waals surface area contributed by atoms with Crippen molar-refractivity contribution >= 4 is 16.0 Å². The van der Waals surface area contributed by atoms with E-state index < -0.39 is 28.0 Å². The Labute approximate surface area is 148 Å². The van der Waals surface area contributed by atoms with Crippen LogP contribution in [0.4, 0.5) is 0 Å². The molecule has 0 aromatic heterocycles. The second kappa shape index (κ2) is 6.93. The highest BCUT2D eigenvalue weighted by molar-refractivity contribution is 7.89. The molecule has 2 atom stereocenters. The quantitative estimate of drug-likeness (QED) is 0.830. The van der Waals surface area contributed by atoms with E-state index in [-0.39, 0.29) is 35.6 Å². The first-order valence-corrected chi connectivity index (χ1v) is 9.52. The number of carboxylic acids is 1. The Kier molecular flexibility index (Phi) is 5.46. The minimum absolute atomic E-state index is 0.0166. The van der Waals surface area contributed by atoms with Crippen molar-refractivity contribution in [1.82, 2.24) is 4.31 Å². The van der Waals surface area contributed by atoms with Gasteiger partial charge in [-0.05, 0) is 29.5 Å². The Hall–Kier alpha value is -1.64. The number of aliphatic hydroxyl groups excluding tert-OH is 1. The van der Waals surface area contributed by atoms with E-state index >= 15 is 0 Å². The normalized spacial score (nSPS) is 22.6. The summed E-state index contributed by atoms with van der Waals surface area (Å²) in [5.74, 6) is -2.13. The lowest BCUT2D eigenvalue weighted by Crippen LogP contribution is -2.48. The van der Waals surface area contributed by atoms with Crippen LogP contribution >= 0.6 is 0 Å². The lowest BCUT2D eigenvalue weighted by atomic mass is 9.87. The van der Waals surface area contributed by atoms with Crippen LogP contribution in [0.2, 0.25) is 0 Å². The number of carboxylic acid groups (broad SMARTS) is 1. The zero-order valence-corrected chi connectivity index (χ0v) is 15.7. The summed E-state index contributed by atoms with van der Waals surface area (Å²) in [5, 5.41) is 19.0. The van der Waals surface area contributed by atoms with Crippen molar-refractivity contribution < 1.29 is 28.2 Å². The summed E-state index contributed by atoms with van der Waals surface area (Å²) in [6, 6.07) is 5.01. The molecule has 1 aliphatic rings. The third-order valence-electron chi connectivity index (χ3n) is 4.50. The van der Waals surface area contributed by atoms with E-state index in [0.717, 1.165) is 9.87 Å². The molecule has 1 heterocycles. The van der Waals surface area contributed by atoms with Crippen molar-refractivity contribution in [2.24, 2.45) is 5.92 Å². The van der Waals surface area contributed by atoms with Gasteiger partial charge in [-0.2, -0.15) is 4.31 Å². The van der Waals surface area contributed by atoms with E-state index in [0.29, 0.717) is 0 Å². The van der Waals surface area contributed by atoms with E-state index in [2.05, 4.69) is 0 Å². The predicted molar refractivity (Wildman–Crippen MR) is 92.2 cm³/mol. The number of ether oxygens (including phenoxy) is 1. The number of aliphatic carboxylic acids is 1. The fraction of sp³-hybridized carbons (Fsp3) is 0.588. The standard InChI is InChI=1S/C17H25NO6S/c1-17(2,3)11-5-6-14(24-4)15(9-11)25(22,23)18-8-7-13(19)12(10-18)16(20)21/h5-6,9,12-13,19H,7-8,10H2,1-4H3,(H,20,21)/t12-,13-/m0/s1. The number of hydrogen-bond acceptors (Lipinski definition) is 5. The molecule has 0 unspecified atom stereocenters. The Bertz CT molecular complexity index is 753. The van der Waals surface area contributed by atoms with Crippen LogP contribution in [-0.4, -0.2) is 55.2 Å². The van der Waals surface area contributed by atoms with E-state index in [1.807, 2.05) is 26.8 Å². The minimum atomic E-state index is -3.94. The van der Waals surface area contributed by atoms with Gasteiger partial charge in [-0.1, -0.05) is 26.8 Å². The van der Waals surface area contributed by atoms with Crippen molar-refractivity contribution in [3.63, 3.8) is 0 Å². The molecule has 1 aliphatic heterocycles. The monoisotopic (exact) mass is 371 g/mol. The molecule has 8 heteroatoms. The number of carbonyl (C=O) groups is 1. The van der Waals surface area contributed by atoms with Gasteiger partial charge in [0.15, 0.2) is 0 Å². The fourth-order valence-corrected chi connectivity index (χ4v) is 4.52. The maximum absolute atomic E-state index is 13.1. The molecule has 2 rings (SSSR count). The molecule has 7 nitrogen and oxygen atoms in total. The van der Waals surface area contributed by atoms with Crippen LogP contribution in [0.1, 0.15) is 32.8 Å². The number of nitrogens with zero attached hydrogens (tertiary/aromatic N) is 1. The second-order valence-corrected chi connectivity index (χ2v) is 9.19. The highest BCUT2D eigenvalue weighted by Crippen LogP contribution is 2.34. The molecule has 0 amide bonds. The number of piperidine rings is 1. The van der Waals surface area contributed by atoms with Crippen LogP contribution in [0.5, 0.6) is 5.75 Å². The van der Waals surface area contributed by atoms with Crippen LogP contribution < -0.4 is 4.74 Å². The van der Waals surface area contributed by atoms with Gasteiger partial charge in [0.25, 0.3) is 0 Å². The molecule has 0 spiro atoms. The molecule has 25 heavy (non-hydrogen) atoms. The first-order valence-electron chi connectivity index (χ1n) is 8.08. The molecule has 1 fully saturated rings. The Balaban J connectivity index is 2.47. The van der Waals surface area contributed by atoms with E-state index in [9.17, 15) is 23.4 Å². The molecule has 2 N–H and O–H groups in total.